The van der Waals surface area contributed by atoms with Crippen molar-refractivity contribution >= 4 is 34.8 Å². The van der Waals surface area contributed by atoms with Crippen LogP contribution >= 0.6 is 11.6 Å². The Morgan fingerprint density at radius 3 is 2.26 bits per heavy atom. The van der Waals surface area contributed by atoms with E-state index in [4.69, 9.17) is 22.1 Å². The summed E-state index contributed by atoms with van der Waals surface area (Å²) in [7, 11) is 0. The molecule has 2 N–H and O–H groups in total. The lowest BCUT2D eigenvalue weighted by Crippen LogP contribution is -2.45. The number of nitrogens with zero attached hydrogens (tertiary/aromatic N) is 4. The number of ether oxygens (including phenoxy) is 1. The molecule has 208 valence electrons. The van der Waals surface area contributed by atoms with Crippen LogP contribution in [0.25, 0.3) is 5.57 Å². The average molecular weight is 552 g/mol. The lowest BCUT2D eigenvalue weighted by atomic mass is 9.84. The highest BCUT2D eigenvalue weighted by Crippen LogP contribution is 2.34. The smallest absolute Gasteiger partial charge is 0.247 e. The van der Waals surface area contributed by atoms with Crippen molar-refractivity contribution in [3.63, 3.8) is 0 Å². The summed E-state index contributed by atoms with van der Waals surface area (Å²) in [5, 5.41) is 0.675. The number of allylic oxidation sites excluding steroid dienone is 1. The number of nitrogens with two attached hydrogens (primary N) is 1. The summed E-state index contributed by atoms with van der Waals surface area (Å²) in [5.74, 6) is 1.15. The van der Waals surface area contributed by atoms with Gasteiger partial charge in [-0.25, -0.2) is 4.98 Å². The summed E-state index contributed by atoms with van der Waals surface area (Å²) in [6.07, 6.45) is 7.00. The fourth-order valence-corrected chi connectivity index (χ4v) is 6.07. The van der Waals surface area contributed by atoms with Crippen molar-refractivity contribution in [2.45, 2.75) is 32.2 Å². The third kappa shape index (κ3) is 7.18. The zero-order valence-corrected chi connectivity index (χ0v) is 23.2. The van der Waals surface area contributed by atoms with Gasteiger partial charge in [-0.2, -0.15) is 0 Å². The number of carbonyl (C=O) groups is 2. The predicted octanol–water partition coefficient (Wildman–Crippen LogP) is 3.71. The first kappa shape index (κ1) is 27.6. The van der Waals surface area contributed by atoms with Gasteiger partial charge in [-0.05, 0) is 85.7 Å². The van der Waals surface area contributed by atoms with Gasteiger partial charge >= 0.3 is 0 Å². The van der Waals surface area contributed by atoms with Gasteiger partial charge in [0.15, 0.2) is 0 Å². The van der Waals surface area contributed by atoms with Crippen molar-refractivity contribution in [2.24, 2.45) is 11.8 Å². The average Bonchev–Trinajstić information content (AvgIpc) is 2.97. The van der Waals surface area contributed by atoms with Gasteiger partial charge in [0.1, 0.15) is 5.82 Å². The van der Waals surface area contributed by atoms with Gasteiger partial charge in [-0.3, -0.25) is 14.5 Å². The molecule has 0 bridgehead atoms. The van der Waals surface area contributed by atoms with Crippen LogP contribution < -0.4 is 5.73 Å². The van der Waals surface area contributed by atoms with Crippen LogP contribution in [0.4, 0.5) is 5.82 Å². The van der Waals surface area contributed by atoms with E-state index in [1.807, 2.05) is 52.3 Å². The van der Waals surface area contributed by atoms with E-state index < -0.39 is 0 Å². The molecule has 4 heterocycles. The first-order valence-corrected chi connectivity index (χ1v) is 14.4. The van der Waals surface area contributed by atoms with Gasteiger partial charge in [-0.1, -0.05) is 23.7 Å². The molecule has 39 heavy (non-hydrogen) atoms. The SMILES string of the molecule is Nc1cc(CN2CCC(C(=O)N3CCC(/C(=C/C(=O)N4CCOCC4)c4ccc(Cl)cc4)CC3)CC2)ccn1. The van der Waals surface area contributed by atoms with Crippen molar-refractivity contribution in [3.8, 4) is 0 Å². The molecular weight excluding hydrogens is 514 g/mol. The number of morpholine rings is 1. The Hall–Kier alpha value is -2.94. The lowest BCUT2D eigenvalue weighted by Gasteiger charge is -2.38. The second-order valence-corrected chi connectivity index (χ2v) is 11.2. The number of hydrogen-bond donors (Lipinski definition) is 1. The third-order valence-electron chi connectivity index (χ3n) is 8.21. The molecule has 1 aromatic heterocycles. The third-order valence-corrected chi connectivity index (χ3v) is 8.47. The number of aromatic nitrogens is 1. The monoisotopic (exact) mass is 551 g/mol. The maximum atomic E-state index is 13.4. The summed E-state index contributed by atoms with van der Waals surface area (Å²) in [4.78, 5) is 36.9. The molecule has 9 heteroatoms. The van der Waals surface area contributed by atoms with Crippen LogP contribution in [0.5, 0.6) is 0 Å². The predicted molar refractivity (Wildman–Crippen MR) is 153 cm³/mol. The molecule has 5 rings (SSSR count). The fourth-order valence-electron chi connectivity index (χ4n) is 5.95. The molecule has 0 spiro atoms. The van der Waals surface area contributed by atoms with E-state index in [0.29, 0.717) is 37.1 Å². The van der Waals surface area contributed by atoms with Crippen molar-refractivity contribution in [1.29, 1.82) is 0 Å². The fraction of sp³-hybridized carbons (Fsp3) is 0.500. The molecule has 0 atom stereocenters. The van der Waals surface area contributed by atoms with Crippen LogP contribution in [0.2, 0.25) is 5.02 Å². The first-order valence-electron chi connectivity index (χ1n) is 14.0. The van der Waals surface area contributed by atoms with E-state index in [9.17, 15) is 9.59 Å². The number of pyridine rings is 1. The number of amides is 2. The molecular formula is C30H38ClN5O3. The Labute approximate surface area is 235 Å². The first-order chi connectivity index (χ1) is 19.0. The zero-order valence-electron chi connectivity index (χ0n) is 22.4. The Bertz CT molecular complexity index is 1170. The number of likely N-dealkylation sites (tertiary alicyclic amines) is 2. The molecule has 0 aliphatic carbocycles. The lowest BCUT2D eigenvalue weighted by molar-refractivity contribution is -0.138. The van der Waals surface area contributed by atoms with Crippen LogP contribution in [-0.4, -0.2) is 84.0 Å². The highest BCUT2D eigenvalue weighted by atomic mass is 35.5. The van der Waals surface area contributed by atoms with Crippen LogP contribution in [0.3, 0.4) is 0 Å². The quantitative estimate of drug-likeness (QED) is 0.550. The number of piperidine rings is 2. The highest BCUT2D eigenvalue weighted by Gasteiger charge is 2.32. The highest BCUT2D eigenvalue weighted by molar-refractivity contribution is 6.30. The van der Waals surface area contributed by atoms with E-state index in [1.165, 1.54) is 0 Å². The molecule has 3 aliphatic heterocycles. The number of halogens is 1. The molecule has 3 saturated heterocycles. The summed E-state index contributed by atoms with van der Waals surface area (Å²) in [6, 6.07) is 11.7. The summed E-state index contributed by atoms with van der Waals surface area (Å²) in [5.41, 5.74) is 9.04. The Balaban J connectivity index is 1.17. The van der Waals surface area contributed by atoms with Crippen molar-refractivity contribution in [2.75, 3.05) is 58.2 Å². The minimum absolute atomic E-state index is 0.0305. The topological polar surface area (TPSA) is 92.0 Å². The van der Waals surface area contributed by atoms with Crippen LogP contribution in [0, 0.1) is 11.8 Å². The van der Waals surface area contributed by atoms with Gasteiger partial charge in [0.2, 0.25) is 11.8 Å². The molecule has 0 saturated carbocycles. The van der Waals surface area contributed by atoms with Gasteiger partial charge in [0.25, 0.3) is 0 Å². The summed E-state index contributed by atoms with van der Waals surface area (Å²) < 4.78 is 5.41. The number of rotatable bonds is 6. The number of nitrogen functional groups attached to an aromatic ring is 1. The van der Waals surface area contributed by atoms with Gasteiger partial charge in [-0.15, -0.1) is 0 Å². The van der Waals surface area contributed by atoms with E-state index in [0.717, 1.165) is 75.1 Å². The van der Waals surface area contributed by atoms with E-state index in [2.05, 4.69) is 9.88 Å². The second kappa shape index (κ2) is 12.9. The maximum absolute atomic E-state index is 13.4. The molecule has 0 unspecified atom stereocenters. The van der Waals surface area contributed by atoms with E-state index >= 15 is 0 Å². The number of benzene rings is 1. The number of hydrogen-bond acceptors (Lipinski definition) is 6. The molecule has 1 aromatic carbocycles. The number of anilines is 1. The van der Waals surface area contributed by atoms with Crippen LogP contribution in [-0.2, 0) is 20.9 Å². The van der Waals surface area contributed by atoms with Crippen LogP contribution in [0.15, 0.2) is 48.7 Å². The maximum Gasteiger partial charge on any atom is 0.247 e. The summed E-state index contributed by atoms with van der Waals surface area (Å²) in [6.45, 7) is 6.47. The minimum atomic E-state index is 0.0305. The number of carbonyl (C=O) groups excluding carboxylic acids is 2. The molecule has 2 aromatic rings. The largest absolute Gasteiger partial charge is 0.384 e. The summed E-state index contributed by atoms with van der Waals surface area (Å²) >= 11 is 6.15. The second-order valence-electron chi connectivity index (χ2n) is 10.8. The van der Waals surface area contributed by atoms with E-state index in [1.54, 1.807) is 6.20 Å². The standard InChI is InChI=1S/C30H38ClN5O3/c31-26-3-1-23(2-4-26)27(20-29(37)35-15-17-39-18-16-35)24-8-13-36(14-9-24)30(38)25-6-11-34(12-7-25)21-22-5-10-33-28(32)19-22/h1-5,10,19-20,24-25H,6-9,11-18,21H2,(H2,32,33)/b27-20+. The Morgan fingerprint density at radius 1 is 0.923 bits per heavy atom. The van der Waals surface area contributed by atoms with Gasteiger partial charge in [0, 0.05) is 55.9 Å². The normalized spacial score (nSPS) is 20.3. The van der Waals surface area contributed by atoms with Crippen molar-refractivity contribution in [1.82, 2.24) is 19.7 Å². The van der Waals surface area contributed by atoms with E-state index in [-0.39, 0.29) is 23.7 Å². The Morgan fingerprint density at radius 2 is 1.59 bits per heavy atom. The molecule has 8 nitrogen and oxygen atoms in total. The van der Waals surface area contributed by atoms with Gasteiger partial charge in [0.05, 0.1) is 13.2 Å². The Kier molecular flexibility index (Phi) is 9.17. The van der Waals surface area contributed by atoms with Gasteiger partial charge < -0.3 is 20.3 Å². The molecule has 3 fully saturated rings. The van der Waals surface area contributed by atoms with Crippen molar-refractivity contribution in [3.05, 3.63) is 64.8 Å². The molecule has 2 amide bonds. The molecule has 3 aliphatic rings. The molecule has 0 radical (unpaired) electrons. The van der Waals surface area contributed by atoms with Crippen LogP contribution in [0.1, 0.15) is 36.8 Å². The zero-order chi connectivity index (χ0) is 27.2. The van der Waals surface area contributed by atoms with Crippen molar-refractivity contribution < 1.29 is 14.3 Å². The minimum Gasteiger partial charge on any atom is -0.384 e.